The molecule has 0 atom stereocenters. The summed E-state index contributed by atoms with van der Waals surface area (Å²) in [5.41, 5.74) is 1.26. The van der Waals surface area contributed by atoms with Crippen molar-refractivity contribution >= 4 is 17.5 Å². The number of nitrogens with one attached hydrogen (secondary N) is 1. The Labute approximate surface area is 114 Å². The van der Waals surface area contributed by atoms with Gasteiger partial charge in [0.25, 0.3) is 0 Å². The molecule has 3 rings (SSSR count). The fourth-order valence-corrected chi connectivity index (χ4v) is 1.98. The number of benzene rings is 1. The van der Waals surface area contributed by atoms with Crippen LogP contribution in [0.2, 0.25) is 0 Å². The number of fused-ring (bicyclic) bond motifs is 1. The van der Waals surface area contributed by atoms with Crippen molar-refractivity contribution in [2.75, 3.05) is 5.32 Å². The molecule has 1 amide bonds. The minimum absolute atomic E-state index is 0.209. The Morgan fingerprint density at radius 2 is 2.05 bits per heavy atom. The number of hydrogen-bond donors (Lipinski definition) is 1. The maximum absolute atomic E-state index is 13.0. The maximum Gasteiger partial charge on any atom is 0.235 e. The minimum atomic E-state index is -0.322. The lowest BCUT2D eigenvalue weighted by atomic mass is 10.1. The smallest absolute Gasteiger partial charge is 0.235 e. The van der Waals surface area contributed by atoms with E-state index in [1.165, 1.54) is 19.1 Å². The van der Waals surface area contributed by atoms with Gasteiger partial charge in [0.1, 0.15) is 17.3 Å². The Bertz CT molecular complexity index is 779. The molecule has 1 aromatic carbocycles. The second kappa shape index (κ2) is 4.73. The van der Waals surface area contributed by atoms with E-state index in [2.05, 4.69) is 15.3 Å². The number of aromatic nitrogens is 3. The van der Waals surface area contributed by atoms with Crippen LogP contribution >= 0.6 is 0 Å². The van der Waals surface area contributed by atoms with Gasteiger partial charge in [0.2, 0.25) is 11.7 Å². The lowest BCUT2D eigenvalue weighted by Gasteiger charge is -2.05. The van der Waals surface area contributed by atoms with Crippen LogP contribution in [0.1, 0.15) is 6.92 Å². The highest BCUT2D eigenvalue weighted by molar-refractivity contribution is 5.92. The molecule has 20 heavy (non-hydrogen) atoms. The Morgan fingerprint density at radius 1 is 1.30 bits per heavy atom. The summed E-state index contributed by atoms with van der Waals surface area (Å²) >= 11 is 0. The van der Waals surface area contributed by atoms with E-state index in [9.17, 15) is 9.18 Å². The monoisotopic (exact) mass is 270 g/mol. The van der Waals surface area contributed by atoms with Crippen LogP contribution < -0.4 is 5.32 Å². The number of nitrogens with zero attached hydrogens (tertiary/aromatic N) is 3. The highest BCUT2D eigenvalue weighted by atomic mass is 19.1. The van der Waals surface area contributed by atoms with Crippen LogP contribution in [0.3, 0.4) is 0 Å². The number of anilines is 1. The van der Waals surface area contributed by atoms with E-state index in [0.29, 0.717) is 22.9 Å². The first-order chi connectivity index (χ1) is 9.65. The fourth-order valence-electron chi connectivity index (χ4n) is 1.98. The summed E-state index contributed by atoms with van der Waals surface area (Å²) in [5, 5.41) is 2.74. The molecule has 6 heteroatoms. The summed E-state index contributed by atoms with van der Waals surface area (Å²) in [6, 6.07) is 7.67. The lowest BCUT2D eigenvalue weighted by Crippen LogP contribution is -2.09. The van der Waals surface area contributed by atoms with Crippen molar-refractivity contribution in [1.29, 1.82) is 0 Å². The number of hydrogen-bond acceptors (Lipinski definition) is 3. The molecular weight excluding hydrogens is 259 g/mol. The predicted octanol–water partition coefficient (Wildman–Crippen LogP) is 2.49. The highest BCUT2D eigenvalue weighted by Crippen LogP contribution is 2.28. The molecule has 0 saturated carbocycles. The highest BCUT2D eigenvalue weighted by Gasteiger charge is 2.15. The first-order valence-electron chi connectivity index (χ1n) is 6.02. The van der Waals surface area contributed by atoms with Gasteiger partial charge in [-0.2, -0.15) is 0 Å². The zero-order chi connectivity index (χ0) is 14.1. The Balaban J connectivity index is 2.23. The first kappa shape index (κ1) is 12.3. The summed E-state index contributed by atoms with van der Waals surface area (Å²) < 4.78 is 14.7. The predicted molar refractivity (Wildman–Crippen MR) is 72.7 cm³/mol. The van der Waals surface area contributed by atoms with Crippen molar-refractivity contribution in [3.8, 4) is 11.3 Å². The van der Waals surface area contributed by atoms with Gasteiger partial charge in [-0.05, 0) is 30.3 Å². The molecule has 100 valence electrons. The van der Waals surface area contributed by atoms with Crippen molar-refractivity contribution in [2.45, 2.75) is 6.92 Å². The van der Waals surface area contributed by atoms with Crippen molar-refractivity contribution < 1.29 is 9.18 Å². The second-order valence-electron chi connectivity index (χ2n) is 4.29. The summed E-state index contributed by atoms with van der Waals surface area (Å²) in [5.74, 6) is 0.457. The molecule has 0 saturated heterocycles. The number of carbonyl (C=O) groups excluding carboxylic acids is 1. The molecule has 0 radical (unpaired) electrons. The molecule has 2 aromatic heterocycles. The van der Waals surface area contributed by atoms with Gasteiger partial charge >= 0.3 is 0 Å². The van der Waals surface area contributed by atoms with Crippen molar-refractivity contribution in [3.63, 3.8) is 0 Å². The number of rotatable bonds is 2. The van der Waals surface area contributed by atoms with E-state index in [-0.39, 0.29) is 11.7 Å². The first-order valence-corrected chi connectivity index (χ1v) is 6.02. The summed E-state index contributed by atoms with van der Waals surface area (Å²) in [7, 11) is 0. The molecule has 0 aliphatic rings. The standard InChI is InChI=1S/C14H11FN4O/c1-9(20)17-13-12(10-3-5-11(15)6-4-10)18-14-16-7-2-8-19(13)14/h2-8H,1H3,(H,17,20). The van der Waals surface area contributed by atoms with E-state index < -0.39 is 0 Å². The lowest BCUT2D eigenvalue weighted by molar-refractivity contribution is -0.114. The van der Waals surface area contributed by atoms with Crippen LogP contribution in [-0.2, 0) is 4.79 Å². The Kier molecular flexibility index (Phi) is 2.90. The molecule has 3 aromatic rings. The summed E-state index contributed by atoms with van der Waals surface area (Å²) in [6.45, 7) is 1.42. The Morgan fingerprint density at radius 3 is 2.75 bits per heavy atom. The van der Waals surface area contributed by atoms with Crippen LogP contribution in [0.5, 0.6) is 0 Å². The largest absolute Gasteiger partial charge is 0.310 e. The van der Waals surface area contributed by atoms with E-state index in [4.69, 9.17) is 0 Å². The molecule has 2 heterocycles. The molecule has 0 aliphatic carbocycles. The van der Waals surface area contributed by atoms with Crippen LogP contribution in [0.25, 0.3) is 17.0 Å². The van der Waals surface area contributed by atoms with Gasteiger partial charge in [0.05, 0.1) is 0 Å². The van der Waals surface area contributed by atoms with E-state index in [0.717, 1.165) is 0 Å². The number of carbonyl (C=O) groups is 1. The van der Waals surface area contributed by atoms with Crippen molar-refractivity contribution in [3.05, 3.63) is 48.5 Å². The van der Waals surface area contributed by atoms with Crippen LogP contribution in [0, 0.1) is 5.82 Å². The Hall–Kier alpha value is -2.76. The van der Waals surface area contributed by atoms with E-state index in [1.807, 2.05) is 0 Å². The van der Waals surface area contributed by atoms with Crippen molar-refractivity contribution in [2.24, 2.45) is 0 Å². The third kappa shape index (κ3) is 2.11. The van der Waals surface area contributed by atoms with Crippen LogP contribution in [-0.4, -0.2) is 20.3 Å². The molecular formula is C14H11FN4O. The summed E-state index contributed by atoms with van der Waals surface area (Å²) in [6.07, 6.45) is 3.38. The normalized spacial score (nSPS) is 10.7. The molecule has 0 fully saturated rings. The second-order valence-corrected chi connectivity index (χ2v) is 4.29. The summed E-state index contributed by atoms with van der Waals surface area (Å²) in [4.78, 5) is 19.9. The molecule has 0 aliphatic heterocycles. The van der Waals surface area contributed by atoms with Gasteiger partial charge in [0.15, 0.2) is 0 Å². The van der Waals surface area contributed by atoms with Gasteiger partial charge in [-0.15, -0.1) is 0 Å². The number of halogens is 1. The zero-order valence-electron chi connectivity index (χ0n) is 10.7. The maximum atomic E-state index is 13.0. The molecule has 1 N–H and O–H groups in total. The zero-order valence-corrected chi connectivity index (χ0v) is 10.7. The molecule has 5 nitrogen and oxygen atoms in total. The number of amides is 1. The van der Waals surface area contributed by atoms with E-state index in [1.54, 1.807) is 35.0 Å². The van der Waals surface area contributed by atoms with Gasteiger partial charge in [-0.3, -0.25) is 9.20 Å². The topological polar surface area (TPSA) is 59.3 Å². The van der Waals surface area contributed by atoms with Crippen molar-refractivity contribution in [1.82, 2.24) is 14.4 Å². The molecule has 0 unspecified atom stereocenters. The SMILES string of the molecule is CC(=O)Nc1c(-c2ccc(F)cc2)nc2ncccn12. The average molecular weight is 270 g/mol. The van der Waals surface area contributed by atoms with Gasteiger partial charge < -0.3 is 5.32 Å². The molecule has 0 bridgehead atoms. The fraction of sp³-hybridized carbons (Fsp3) is 0.0714. The van der Waals surface area contributed by atoms with E-state index >= 15 is 0 Å². The minimum Gasteiger partial charge on any atom is -0.310 e. The van der Waals surface area contributed by atoms with Gasteiger partial charge in [-0.1, -0.05) is 0 Å². The number of imidazole rings is 1. The third-order valence-corrected chi connectivity index (χ3v) is 2.82. The van der Waals surface area contributed by atoms with Gasteiger partial charge in [-0.25, -0.2) is 14.4 Å². The average Bonchev–Trinajstić information content (AvgIpc) is 2.78. The third-order valence-electron chi connectivity index (χ3n) is 2.82. The molecule has 0 spiro atoms. The van der Waals surface area contributed by atoms with Gasteiger partial charge in [0, 0.05) is 24.9 Å². The van der Waals surface area contributed by atoms with Crippen LogP contribution in [0.15, 0.2) is 42.7 Å². The van der Waals surface area contributed by atoms with Crippen LogP contribution in [0.4, 0.5) is 10.2 Å². The quantitative estimate of drug-likeness (QED) is 0.778.